The number of morpholine rings is 1. The summed E-state index contributed by atoms with van der Waals surface area (Å²) in [5, 5.41) is 5.09. The molecule has 0 bridgehead atoms. The zero-order chi connectivity index (χ0) is 34.5. The number of nitrogens with one attached hydrogen (secondary N) is 1. The number of pyridine rings is 1. The van der Waals surface area contributed by atoms with Crippen LogP contribution in [-0.4, -0.2) is 66.6 Å². The molecule has 0 radical (unpaired) electrons. The Kier molecular flexibility index (Phi) is 8.63. The number of aromatic nitrogens is 1. The highest BCUT2D eigenvalue weighted by molar-refractivity contribution is 5.94. The maximum Gasteiger partial charge on any atom is 0.410 e. The van der Waals surface area contributed by atoms with Crippen LogP contribution in [-0.2, 0) is 9.47 Å². The van der Waals surface area contributed by atoms with E-state index in [1.165, 1.54) is 17.7 Å². The quantitative estimate of drug-likeness (QED) is 0.325. The van der Waals surface area contributed by atoms with Crippen molar-refractivity contribution in [2.45, 2.75) is 70.9 Å². The number of benzene rings is 2. The number of hydrogen-bond donors (Lipinski definition) is 1. The number of carbonyl (C=O) groups is 2. The minimum Gasteiger partial charge on any atom is -0.444 e. The minimum atomic E-state index is -0.527. The Hall–Kier alpha value is -4.44. The Morgan fingerprint density at radius 2 is 1.57 bits per heavy atom. The highest BCUT2D eigenvalue weighted by Crippen LogP contribution is 2.55. The lowest BCUT2D eigenvalue weighted by molar-refractivity contribution is -0.0500. The van der Waals surface area contributed by atoms with Crippen molar-refractivity contribution in [3.05, 3.63) is 110 Å². The molecule has 2 saturated carbocycles. The predicted octanol–water partition coefficient (Wildman–Crippen LogP) is 6.16. The molecule has 10 heteroatoms. The first-order valence-corrected chi connectivity index (χ1v) is 17.3. The normalized spacial score (nSPS) is 19.2. The van der Waals surface area contributed by atoms with Crippen molar-refractivity contribution in [3.8, 4) is 0 Å². The van der Waals surface area contributed by atoms with E-state index in [1.807, 2.05) is 57.0 Å². The van der Waals surface area contributed by atoms with Gasteiger partial charge in [0.2, 0.25) is 0 Å². The second-order valence-corrected chi connectivity index (χ2v) is 15.2. The van der Waals surface area contributed by atoms with Gasteiger partial charge in [-0.15, -0.1) is 0 Å². The van der Waals surface area contributed by atoms with Crippen LogP contribution in [0.1, 0.15) is 97.9 Å². The van der Waals surface area contributed by atoms with Crippen LogP contribution in [0.15, 0.2) is 71.2 Å². The van der Waals surface area contributed by atoms with Gasteiger partial charge in [-0.2, -0.15) is 0 Å². The third-order valence-corrected chi connectivity index (χ3v) is 10.0. The second kappa shape index (κ2) is 12.8. The standard InChI is InChI=1S/C39H45FN4O5/c1-25(41-35(45)30-19-33(27-7-8-27)36(46)44(22-30)43-15-17-48-18-16-43)26-5-9-28(10-6-26)34(29-11-13-32(40)14-12-29)31-20-39(21-31)23-42(24-39)37(47)49-38(2,3)4/h5-6,9-14,19,22,25,27H,7-8,15-18,20-21,23-24H2,1-4H3,(H,41,45)/t25-/m1/s1. The summed E-state index contributed by atoms with van der Waals surface area (Å²) in [6.07, 6.45) is 5.05. The van der Waals surface area contributed by atoms with Crippen molar-refractivity contribution < 1.29 is 23.5 Å². The number of rotatable bonds is 7. The van der Waals surface area contributed by atoms with Gasteiger partial charge in [-0.25, -0.2) is 13.9 Å². The van der Waals surface area contributed by atoms with Crippen LogP contribution in [0.3, 0.4) is 0 Å². The number of ether oxygens (including phenoxy) is 2. The maximum atomic E-state index is 13.9. The molecule has 2 amide bonds. The number of nitrogens with zero attached hydrogens (tertiary/aromatic N) is 3. The smallest absolute Gasteiger partial charge is 0.410 e. The molecule has 4 fully saturated rings. The molecule has 2 saturated heterocycles. The van der Waals surface area contributed by atoms with Gasteiger partial charge in [0.05, 0.1) is 37.9 Å². The van der Waals surface area contributed by atoms with E-state index in [0.717, 1.165) is 47.9 Å². The summed E-state index contributed by atoms with van der Waals surface area (Å²) in [5.41, 5.74) is 5.94. The molecule has 0 unspecified atom stereocenters. The van der Waals surface area contributed by atoms with Crippen molar-refractivity contribution in [2.24, 2.45) is 5.41 Å². The third kappa shape index (κ3) is 7.02. The average molecular weight is 669 g/mol. The van der Waals surface area contributed by atoms with Gasteiger partial charge in [0.15, 0.2) is 0 Å². The highest BCUT2D eigenvalue weighted by Gasteiger charge is 2.53. The van der Waals surface area contributed by atoms with Gasteiger partial charge in [-0.3, -0.25) is 9.59 Å². The molecular weight excluding hydrogens is 623 g/mol. The van der Waals surface area contributed by atoms with Gasteiger partial charge >= 0.3 is 6.09 Å². The highest BCUT2D eigenvalue weighted by atomic mass is 19.1. The van der Waals surface area contributed by atoms with Crippen molar-refractivity contribution in [1.29, 1.82) is 0 Å². The van der Waals surface area contributed by atoms with E-state index in [0.29, 0.717) is 50.5 Å². The summed E-state index contributed by atoms with van der Waals surface area (Å²) in [7, 11) is 0. The van der Waals surface area contributed by atoms with Crippen molar-refractivity contribution in [3.63, 3.8) is 0 Å². The molecule has 258 valence electrons. The molecule has 1 atom stereocenters. The fourth-order valence-electron chi connectivity index (χ4n) is 7.35. The Labute approximate surface area is 286 Å². The lowest BCUT2D eigenvalue weighted by atomic mass is 9.59. The zero-order valence-electron chi connectivity index (χ0n) is 28.8. The van der Waals surface area contributed by atoms with Crippen LogP contribution in [0.2, 0.25) is 0 Å². The van der Waals surface area contributed by atoms with Gasteiger partial charge in [-0.1, -0.05) is 42.0 Å². The number of halogens is 1. The van der Waals surface area contributed by atoms with Crippen LogP contribution in [0.5, 0.6) is 0 Å². The second-order valence-electron chi connectivity index (χ2n) is 15.2. The van der Waals surface area contributed by atoms with Crippen LogP contribution in [0, 0.1) is 11.2 Å². The molecule has 3 aromatic rings. The molecule has 4 aliphatic rings. The summed E-state index contributed by atoms with van der Waals surface area (Å²) in [4.78, 5) is 41.2. The van der Waals surface area contributed by atoms with E-state index in [4.69, 9.17) is 9.47 Å². The Balaban J connectivity index is 1.07. The number of amides is 2. The summed E-state index contributed by atoms with van der Waals surface area (Å²) >= 11 is 0. The van der Waals surface area contributed by atoms with E-state index < -0.39 is 5.60 Å². The summed E-state index contributed by atoms with van der Waals surface area (Å²) in [6.45, 7) is 11.2. The first-order chi connectivity index (χ1) is 23.4. The van der Waals surface area contributed by atoms with Crippen LogP contribution in [0.4, 0.5) is 9.18 Å². The Morgan fingerprint density at radius 1 is 0.959 bits per heavy atom. The molecular formula is C39H45FN4O5. The summed E-state index contributed by atoms with van der Waals surface area (Å²) in [6, 6.07) is 16.3. The van der Waals surface area contributed by atoms with Crippen LogP contribution in [0.25, 0.3) is 5.57 Å². The first-order valence-electron chi connectivity index (χ1n) is 17.3. The average Bonchev–Trinajstić information content (AvgIpc) is 3.87. The summed E-state index contributed by atoms with van der Waals surface area (Å²) < 4.78 is 26.6. The molecule has 1 aromatic heterocycles. The van der Waals surface area contributed by atoms with Crippen LogP contribution >= 0.6 is 0 Å². The Morgan fingerprint density at radius 3 is 2.16 bits per heavy atom. The van der Waals surface area contributed by atoms with Gasteiger partial charge in [0.25, 0.3) is 11.5 Å². The van der Waals surface area contributed by atoms with Gasteiger partial charge in [-0.05, 0) is 99.8 Å². The number of carbonyl (C=O) groups excluding carboxylic acids is 2. The Bertz CT molecular complexity index is 1820. The van der Waals surface area contributed by atoms with Gasteiger partial charge < -0.3 is 24.7 Å². The van der Waals surface area contributed by atoms with Gasteiger partial charge in [0, 0.05) is 30.3 Å². The summed E-state index contributed by atoms with van der Waals surface area (Å²) in [5.74, 6) is -0.300. The molecule has 1 N–H and O–H groups in total. The van der Waals surface area contributed by atoms with Crippen molar-refractivity contribution >= 4 is 17.6 Å². The topological polar surface area (TPSA) is 93.1 Å². The zero-order valence-corrected chi connectivity index (χ0v) is 28.8. The monoisotopic (exact) mass is 668 g/mol. The van der Waals surface area contributed by atoms with Crippen LogP contribution < -0.4 is 15.9 Å². The minimum absolute atomic E-state index is 0.0503. The molecule has 3 heterocycles. The maximum absolute atomic E-state index is 13.9. The molecule has 2 aliphatic heterocycles. The molecule has 9 nitrogen and oxygen atoms in total. The number of likely N-dealkylation sites (tertiary alicyclic amines) is 1. The van der Waals surface area contributed by atoms with Crippen molar-refractivity contribution in [1.82, 2.24) is 14.9 Å². The molecule has 2 aromatic carbocycles. The fraction of sp³-hybridized carbons (Fsp3) is 0.462. The predicted molar refractivity (Wildman–Crippen MR) is 186 cm³/mol. The lowest BCUT2D eigenvalue weighted by Crippen LogP contribution is -2.62. The first kappa shape index (κ1) is 33.1. The van der Waals surface area contributed by atoms with E-state index in [1.54, 1.807) is 21.8 Å². The fourth-order valence-corrected chi connectivity index (χ4v) is 7.35. The van der Waals surface area contributed by atoms with E-state index >= 15 is 0 Å². The molecule has 49 heavy (non-hydrogen) atoms. The van der Waals surface area contributed by atoms with E-state index in [9.17, 15) is 18.8 Å². The largest absolute Gasteiger partial charge is 0.444 e. The van der Waals surface area contributed by atoms with E-state index in [2.05, 4.69) is 17.4 Å². The molecule has 1 spiro atoms. The lowest BCUT2D eigenvalue weighted by Gasteiger charge is -2.57. The van der Waals surface area contributed by atoms with Gasteiger partial charge in [0.1, 0.15) is 11.4 Å². The molecule has 2 aliphatic carbocycles. The third-order valence-electron chi connectivity index (χ3n) is 10.0. The van der Waals surface area contributed by atoms with E-state index in [-0.39, 0.29) is 40.8 Å². The SMILES string of the molecule is C[C@@H](NC(=O)c1cc(C2CC2)c(=O)n(N2CCOCC2)c1)c1ccc(C(=C2CC3(C2)CN(C(=O)OC(C)(C)C)C3)c2ccc(F)cc2)cc1. The number of hydrogen-bond acceptors (Lipinski definition) is 6. The van der Waals surface area contributed by atoms with Crippen molar-refractivity contribution in [2.75, 3.05) is 44.4 Å². The molecule has 7 rings (SSSR count). The number of allylic oxidation sites excluding steroid dienone is 1.